The van der Waals surface area contributed by atoms with Crippen molar-refractivity contribution >= 4 is 11.8 Å². The van der Waals surface area contributed by atoms with Gasteiger partial charge in [0.25, 0.3) is 0 Å². The fourth-order valence-corrected chi connectivity index (χ4v) is 4.27. The lowest BCUT2D eigenvalue weighted by atomic mass is 10.1. The Hall–Kier alpha value is -1.40. The Kier molecular flexibility index (Phi) is 3.65. The normalized spacial score (nSPS) is 21.8. The summed E-state index contributed by atoms with van der Waals surface area (Å²) in [4.78, 5) is 0. The van der Waals surface area contributed by atoms with Gasteiger partial charge < -0.3 is 4.74 Å². The van der Waals surface area contributed by atoms with Crippen molar-refractivity contribution in [2.75, 3.05) is 6.61 Å². The van der Waals surface area contributed by atoms with Crippen LogP contribution in [0.2, 0.25) is 0 Å². The van der Waals surface area contributed by atoms with Crippen molar-refractivity contribution < 1.29 is 4.74 Å². The van der Waals surface area contributed by atoms with Gasteiger partial charge >= 0.3 is 0 Å². The van der Waals surface area contributed by atoms with Crippen molar-refractivity contribution in [2.45, 2.75) is 48.7 Å². The van der Waals surface area contributed by atoms with E-state index in [1.165, 1.54) is 11.1 Å². The number of hydrogen-bond donors (Lipinski definition) is 0. The summed E-state index contributed by atoms with van der Waals surface area (Å²) in [6.45, 7) is 1.64. The Morgan fingerprint density at radius 2 is 2.05 bits per heavy atom. The first-order valence-electron chi connectivity index (χ1n) is 7.50. The molecule has 4 rings (SSSR count). The average molecular weight is 302 g/mol. The molecule has 0 amide bonds. The molecule has 1 saturated heterocycles. The van der Waals surface area contributed by atoms with Gasteiger partial charge in [0, 0.05) is 11.9 Å². The Bertz CT molecular complexity index is 599. The first-order valence-corrected chi connectivity index (χ1v) is 8.37. The van der Waals surface area contributed by atoms with E-state index in [9.17, 15) is 0 Å². The van der Waals surface area contributed by atoms with Crippen LogP contribution in [0.1, 0.15) is 24.0 Å². The predicted molar refractivity (Wildman–Crippen MR) is 80.3 cm³/mol. The summed E-state index contributed by atoms with van der Waals surface area (Å²) in [6.07, 6.45) is 4.74. The molecule has 2 aliphatic rings. The van der Waals surface area contributed by atoms with Gasteiger partial charge in [-0.1, -0.05) is 36.0 Å². The SMILES string of the molecule is c1ccc2c(c1)CC(Sc1nnnn1CC1CCCO1)C2. The molecule has 1 aliphatic heterocycles. The van der Waals surface area contributed by atoms with E-state index in [0.29, 0.717) is 5.25 Å². The number of tetrazole rings is 1. The highest BCUT2D eigenvalue weighted by molar-refractivity contribution is 7.99. The van der Waals surface area contributed by atoms with E-state index >= 15 is 0 Å². The molecule has 1 unspecified atom stereocenters. The molecule has 2 heterocycles. The summed E-state index contributed by atoms with van der Waals surface area (Å²) in [5.74, 6) is 0. The molecule has 110 valence electrons. The summed E-state index contributed by atoms with van der Waals surface area (Å²) in [6, 6.07) is 8.69. The van der Waals surface area contributed by atoms with Crippen LogP contribution < -0.4 is 0 Å². The second-order valence-electron chi connectivity index (χ2n) is 5.70. The van der Waals surface area contributed by atoms with Crippen molar-refractivity contribution in [2.24, 2.45) is 0 Å². The van der Waals surface area contributed by atoms with Crippen molar-refractivity contribution in [3.05, 3.63) is 35.4 Å². The van der Waals surface area contributed by atoms with Crippen LogP contribution >= 0.6 is 11.8 Å². The summed E-state index contributed by atoms with van der Waals surface area (Å²) in [5.41, 5.74) is 2.93. The van der Waals surface area contributed by atoms with Gasteiger partial charge in [-0.25, -0.2) is 4.68 Å². The van der Waals surface area contributed by atoms with Gasteiger partial charge in [0.1, 0.15) is 0 Å². The molecule has 1 atom stereocenters. The first-order chi connectivity index (χ1) is 10.4. The van der Waals surface area contributed by atoms with Crippen LogP contribution in [0.4, 0.5) is 0 Å². The quantitative estimate of drug-likeness (QED) is 0.866. The van der Waals surface area contributed by atoms with Gasteiger partial charge in [0.05, 0.1) is 12.6 Å². The van der Waals surface area contributed by atoms with Crippen molar-refractivity contribution in [3.8, 4) is 0 Å². The Balaban J connectivity index is 1.43. The number of rotatable bonds is 4. The van der Waals surface area contributed by atoms with E-state index in [0.717, 1.165) is 44.0 Å². The zero-order chi connectivity index (χ0) is 14.1. The molecule has 0 bridgehead atoms. The number of ether oxygens (including phenoxy) is 1. The van der Waals surface area contributed by atoms with E-state index in [1.807, 2.05) is 4.68 Å². The zero-order valence-corrected chi connectivity index (χ0v) is 12.6. The second kappa shape index (κ2) is 5.77. The maximum atomic E-state index is 5.68. The fraction of sp³-hybridized carbons (Fsp3) is 0.533. The van der Waals surface area contributed by atoms with E-state index in [1.54, 1.807) is 11.8 Å². The monoisotopic (exact) mass is 302 g/mol. The molecule has 1 fully saturated rings. The number of hydrogen-bond acceptors (Lipinski definition) is 5. The molecule has 21 heavy (non-hydrogen) atoms. The molecule has 5 nitrogen and oxygen atoms in total. The van der Waals surface area contributed by atoms with Crippen molar-refractivity contribution in [1.29, 1.82) is 0 Å². The smallest absolute Gasteiger partial charge is 0.209 e. The van der Waals surface area contributed by atoms with Gasteiger partial charge in [0.15, 0.2) is 0 Å². The van der Waals surface area contributed by atoms with Gasteiger partial charge in [-0.05, 0) is 47.2 Å². The third kappa shape index (κ3) is 2.82. The highest BCUT2D eigenvalue weighted by Crippen LogP contribution is 2.33. The zero-order valence-electron chi connectivity index (χ0n) is 11.8. The largest absolute Gasteiger partial charge is 0.376 e. The fourth-order valence-electron chi connectivity index (χ4n) is 3.13. The molecule has 1 aliphatic carbocycles. The van der Waals surface area contributed by atoms with Crippen LogP contribution in [-0.2, 0) is 24.1 Å². The van der Waals surface area contributed by atoms with Crippen LogP contribution in [0.3, 0.4) is 0 Å². The minimum Gasteiger partial charge on any atom is -0.376 e. The van der Waals surface area contributed by atoms with Crippen LogP contribution in [0, 0.1) is 0 Å². The van der Waals surface area contributed by atoms with Gasteiger partial charge in [-0.2, -0.15) is 0 Å². The standard InChI is InChI=1S/C15H18N4OS/c1-2-5-12-9-14(8-11(12)4-1)21-15-16-17-18-19(15)10-13-6-3-7-20-13/h1-2,4-5,13-14H,3,6-10H2. The third-order valence-corrected chi connectivity index (χ3v) is 5.36. The molecule has 0 radical (unpaired) electrons. The van der Waals surface area contributed by atoms with Crippen LogP contribution in [0.5, 0.6) is 0 Å². The van der Waals surface area contributed by atoms with Gasteiger partial charge in [0.2, 0.25) is 5.16 Å². The lowest BCUT2D eigenvalue weighted by Crippen LogP contribution is -2.17. The number of nitrogens with zero attached hydrogens (tertiary/aromatic N) is 4. The number of benzene rings is 1. The molecule has 0 saturated carbocycles. The summed E-state index contributed by atoms with van der Waals surface area (Å²) in [5, 5.41) is 13.6. The highest BCUT2D eigenvalue weighted by atomic mass is 32.2. The average Bonchev–Trinajstić information content (AvgIpc) is 3.21. The number of aromatic nitrogens is 4. The predicted octanol–water partition coefficient (Wildman–Crippen LogP) is 2.11. The molecular weight excluding hydrogens is 284 g/mol. The highest BCUT2D eigenvalue weighted by Gasteiger charge is 2.25. The molecular formula is C15H18N4OS. The maximum absolute atomic E-state index is 5.68. The van der Waals surface area contributed by atoms with Gasteiger partial charge in [-0.3, -0.25) is 0 Å². The minimum atomic E-state index is 0.272. The molecule has 6 heteroatoms. The summed E-state index contributed by atoms with van der Waals surface area (Å²) >= 11 is 1.80. The van der Waals surface area contributed by atoms with E-state index in [2.05, 4.69) is 39.8 Å². The van der Waals surface area contributed by atoms with E-state index in [4.69, 9.17) is 4.74 Å². The van der Waals surface area contributed by atoms with E-state index in [-0.39, 0.29) is 6.10 Å². The molecule has 1 aromatic heterocycles. The molecule has 0 spiro atoms. The van der Waals surface area contributed by atoms with Gasteiger partial charge in [-0.15, -0.1) is 5.10 Å². The molecule has 2 aromatic rings. The molecule has 1 aromatic carbocycles. The Morgan fingerprint density at radius 1 is 1.24 bits per heavy atom. The third-order valence-electron chi connectivity index (χ3n) is 4.19. The minimum absolute atomic E-state index is 0.272. The lowest BCUT2D eigenvalue weighted by molar-refractivity contribution is 0.0911. The van der Waals surface area contributed by atoms with E-state index < -0.39 is 0 Å². The molecule has 0 N–H and O–H groups in total. The number of thioether (sulfide) groups is 1. The number of fused-ring (bicyclic) bond motifs is 1. The van der Waals surface area contributed by atoms with Crippen LogP contribution in [0.25, 0.3) is 0 Å². The maximum Gasteiger partial charge on any atom is 0.209 e. The lowest BCUT2D eigenvalue weighted by Gasteiger charge is -2.12. The Morgan fingerprint density at radius 3 is 2.76 bits per heavy atom. The topological polar surface area (TPSA) is 52.8 Å². The van der Waals surface area contributed by atoms with Crippen LogP contribution in [0.15, 0.2) is 29.4 Å². The van der Waals surface area contributed by atoms with Crippen LogP contribution in [-0.4, -0.2) is 38.2 Å². The Labute approximate surface area is 128 Å². The van der Waals surface area contributed by atoms with Crippen molar-refractivity contribution in [1.82, 2.24) is 20.2 Å². The summed E-state index contributed by atoms with van der Waals surface area (Å²) in [7, 11) is 0. The second-order valence-corrected chi connectivity index (χ2v) is 6.96. The first kappa shape index (κ1) is 13.3. The summed E-state index contributed by atoms with van der Waals surface area (Å²) < 4.78 is 7.58. The van der Waals surface area contributed by atoms with Crippen molar-refractivity contribution in [3.63, 3.8) is 0 Å².